The number of nitrogens with zero attached hydrogens (tertiary/aromatic N) is 1. The molecule has 0 aliphatic rings. The summed E-state index contributed by atoms with van der Waals surface area (Å²) in [5.41, 5.74) is 0. The van der Waals surface area contributed by atoms with Crippen molar-refractivity contribution in [3.05, 3.63) is 97.2 Å². The predicted octanol–water partition coefficient (Wildman–Crippen LogP) is 24.4. The highest BCUT2D eigenvalue weighted by molar-refractivity contribution is 7.45. The fourth-order valence-electron chi connectivity index (χ4n) is 10.8. The number of carbonyl (C=O) groups is 2. The van der Waals surface area contributed by atoms with Gasteiger partial charge >= 0.3 is 11.9 Å². The summed E-state index contributed by atoms with van der Waals surface area (Å²) in [5, 5.41) is 0. The smallest absolute Gasteiger partial charge is 0.306 e. The van der Waals surface area contributed by atoms with Crippen LogP contribution in [0.15, 0.2) is 97.2 Å². The Morgan fingerprint density at radius 3 is 0.944 bits per heavy atom. The summed E-state index contributed by atoms with van der Waals surface area (Å²) in [5.74, 6) is -0.824. The molecule has 0 N–H and O–H groups in total. The standard InChI is InChI=1S/C80H144NO8P/c1-6-8-10-12-14-16-18-20-22-24-26-28-30-32-34-36-38-39-40-41-43-44-46-48-50-52-54-56-58-60-62-64-66-68-70-72-79(82)86-76-78(77-88-90(84,85)87-75-74-81(3,4)5)89-80(83)73-71-69-67-65-63-61-59-57-55-53-51-49-47-45-42-37-35-33-31-29-27-25-23-21-19-17-15-13-11-9-7-2/h9,11,15,17-18,20-21,23-24,26-27,29,33,35,42,45,78H,6-8,10,12-14,16,19,22,25,28,30-32,34,36-41,43-44,46-77H2,1-5H3/b11-9-,17-15-,20-18-,23-21-,26-24-,29-27-,35-33-,45-42-. The third-order valence-corrected chi connectivity index (χ3v) is 17.6. The van der Waals surface area contributed by atoms with Crippen molar-refractivity contribution < 1.29 is 42.1 Å². The van der Waals surface area contributed by atoms with Gasteiger partial charge in [0.1, 0.15) is 19.8 Å². The van der Waals surface area contributed by atoms with Crippen molar-refractivity contribution in [3.8, 4) is 0 Å². The molecule has 0 aliphatic carbocycles. The maximum Gasteiger partial charge on any atom is 0.306 e. The Morgan fingerprint density at radius 1 is 0.356 bits per heavy atom. The van der Waals surface area contributed by atoms with Crippen molar-refractivity contribution in [3.63, 3.8) is 0 Å². The number of rotatable bonds is 70. The first kappa shape index (κ1) is 86.9. The van der Waals surface area contributed by atoms with Crippen molar-refractivity contribution in [2.24, 2.45) is 0 Å². The van der Waals surface area contributed by atoms with E-state index in [1.807, 2.05) is 21.1 Å². The molecule has 0 aliphatic heterocycles. The Labute approximate surface area is 557 Å². The first-order valence-corrected chi connectivity index (χ1v) is 39.4. The molecule has 90 heavy (non-hydrogen) atoms. The zero-order valence-corrected chi connectivity index (χ0v) is 60.5. The molecule has 0 spiro atoms. The lowest BCUT2D eigenvalue weighted by atomic mass is 10.0. The highest BCUT2D eigenvalue weighted by Gasteiger charge is 2.22. The Bertz CT molecular complexity index is 1840. The number of unbranched alkanes of at least 4 members (excludes halogenated alkanes) is 40. The highest BCUT2D eigenvalue weighted by atomic mass is 31.2. The number of phosphoric acid groups is 1. The first-order valence-electron chi connectivity index (χ1n) is 37.9. The number of quaternary nitrogens is 1. The summed E-state index contributed by atoms with van der Waals surface area (Å²) in [6.07, 6.45) is 97.9. The van der Waals surface area contributed by atoms with Crippen molar-refractivity contribution in [1.82, 2.24) is 0 Å². The molecule has 0 aromatic rings. The fraction of sp³-hybridized carbons (Fsp3) is 0.775. The molecule has 0 aromatic heterocycles. The molecule has 0 saturated carbocycles. The zero-order valence-electron chi connectivity index (χ0n) is 59.6. The average molecular weight is 1280 g/mol. The van der Waals surface area contributed by atoms with Crippen LogP contribution in [-0.4, -0.2) is 70.0 Å². The van der Waals surface area contributed by atoms with Gasteiger partial charge in [-0.15, -0.1) is 0 Å². The number of likely N-dealkylation sites (N-methyl/N-ethyl adjacent to an activating group) is 1. The van der Waals surface area contributed by atoms with E-state index in [1.54, 1.807) is 0 Å². The summed E-state index contributed by atoms with van der Waals surface area (Å²) in [6, 6.07) is 0. The quantitative estimate of drug-likeness (QED) is 0.0195. The van der Waals surface area contributed by atoms with Crippen LogP contribution >= 0.6 is 7.82 Å². The van der Waals surface area contributed by atoms with Crippen LogP contribution in [0, 0.1) is 0 Å². The van der Waals surface area contributed by atoms with Crippen LogP contribution in [0.1, 0.15) is 348 Å². The molecule has 0 radical (unpaired) electrons. The van der Waals surface area contributed by atoms with Gasteiger partial charge in [0, 0.05) is 12.8 Å². The van der Waals surface area contributed by atoms with Gasteiger partial charge < -0.3 is 27.9 Å². The molecule has 522 valence electrons. The lowest BCUT2D eigenvalue weighted by molar-refractivity contribution is -0.870. The lowest BCUT2D eigenvalue weighted by Gasteiger charge is -2.28. The van der Waals surface area contributed by atoms with Gasteiger partial charge in [-0.3, -0.25) is 14.2 Å². The Balaban J connectivity index is 3.98. The minimum Gasteiger partial charge on any atom is -0.756 e. The molecular weight excluding hydrogens is 1130 g/mol. The van der Waals surface area contributed by atoms with E-state index in [4.69, 9.17) is 18.5 Å². The van der Waals surface area contributed by atoms with Crippen LogP contribution in [0.4, 0.5) is 0 Å². The molecule has 0 heterocycles. The molecule has 0 saturated heterocycles. The average Bonchev–Trinajstić information content (AvgIpc) is 3.58. The largest absolute Gasteiger partial charge is 0.756 e. The van der Waals surface area contributed by atoms with Gasteiger partial charge in [0.2, 0.25) is 0 Å². The second-order valence-corrected chi connectivity index (χ2v) is 28.0. The lowest BCUT2D eigenvalue weighted by Crippen LogP contribution is -2.37. The van der Waals surface area contributed by atoms with Crippen LogP contribution in [0.3, 0.4) is 0 Å². The Hall–Kier alpha value is -3.07. The van der Waals surface area contributed by atoms with E-state index in [9.17, 15) is 19.0 Å². The summed E-state index contributed by atoms with van der Waals surface area (Å²) >= 11 is 0. The molecule has 0 aromatic carbocycles. The first-order chi connectivity index (χ1) is 44.0. The van der Waals surface area contributed by atoms with Crippen LogP contribution in [-0.2, 0) is 32.7 Å². The molecule has 10 heteroatoms. The van der Waals surface area contributed by atoms with Gasteiger partial charge in [-0.1, -0.05) is 336 Å². The zero-order chi connectivity index (χ0) is 65.5. The number of carbonyl (C=O) groups excluding carboxylic acids is 2. The number of hydrogen-bond donors (Lipinski definition) is 0. The van der Waals surface area contributed by atoms with Gasteiger partial charge in [0.05, 0.1) is 27.7 Å². The molecule has 0 amide bonds. The van der Waals surface area contributed by atoms with E-state index >= 15 is 0 Å². The van der Waals surface area contributed by atoms with Gasteiger partial charge in [0.25, 0.3) is 7.82 Å². The van der Waals surface area contributed by atoms with Crippen LogP contribution in [0.25, 0.3) is 0 Å². The molecule has 2 unspecified atom stereocenters. The maximum atomic E-state index is 12.9. The van der Waals surface area contributed by atoms with E-state index < -0.39 is 26.5 Å². The van der Waals surface area contributed by atoms with Crippen molar-refractivity contribution in [2.75, 3.05) is 47.5 Å². The third-order valence-electron chi connectivity index (χ3n) is 16.6. The minimum atomic E-state index is -4.65. The van der Waals surface area contributed by atoms with Gasteiger partial charge in [-0.25, -0.2) is 0 Å². The van der Waals surface area contributed by atoms with E-state index in [-0.39, 0.29) is 32.0 Å². The molecular formula is C80H144NO8P. The van der Waals surface area contributed by atoms with Crippen molar-refractivity contribution in [1.29, 1.82) is 0 Å². The summed E-state index contributed by atoms with van der Waals surface area (Å²) in [4.78, 5) is 38.1. The van der Waals surface area contributed by atoms with Gasteiger partial charge in [-0.2, -0.15) is 0 Å². The molecule has 0 fully saturated rings. The van der Waals surface area contributed by atoms with Gasteiger partial charge in [-0.05, 0) is 96.3 Å². The van der Waals surface area contributed by atoms with E-state index in [0.717, 1.165) is 83.5 Å². The third kappa shape index (κ3) is 74.0. The number of esters is 2. The van der Waals surface area contributed by atoms with E-state index in [1.165, 1.54) is 231 Å². The van der Waals surface area contributed by atoms with Crippen LogP contribution < -0.4 is 4.89 Å². The molecule has 0 bridgehead atoms. The molecule has 9 nitrogen and oxygen atoms in total. The Morgan fingerprint density at radius 2 is 0.633 bits per heavy atom. The Kier molecular flexibility index (Phi) is 67.9. The predicted molar refractivity (Wildman–Crippen MR) is 388 cm³/mol. The molecule has 2 atom stereocenters. The minimum absolute atomic E-state index is 0.0329. The normalized spacial score (nSPS) is 13.6. The topological polar surface area (TPSA) is 111 Å². The summed E-state index contributed by atoms with van der Waals surface area (Å²) in [6.45, 7) is 4.15. The number of hydrogen-bond acceptors (Lipinski definition) is 8. The number of phosphoric ester groups is 1. The van der Waals surface area contributed by atoms with E-state index in [0.29, 0.717) is 17.4 Å². The monoisotopic (exact) mass is 1280 g/mol. The second kappa shape index (κ2) is 70.3. The second-order valence-electron chi connectivity index (χ2n) is 26.6. The summed E-state index contributed by atoms with van der Waals surface area (Å²) < 4.78 is 34.4. The SMILES string of the molecule is CC/C=C\C/C=C\C/C=C\C/C=C\C/C=C\C/C=C\CCCCCCCCCCCCCCC(=O)OC(COC(=O)CCCCCCCCCCCCCCCCCCCCCCCCC/C=C\C/C=C\CCCCCCC)COP(=O)([O-])OCC[N+](C)(C)C. The number of ether oxygens (including phenoxy) is 2. The van der Waals surface area contributed by atoms with Crippen molar-refractivity contribution >= 4 is 19.8 Å². The molecule has 0 rings (SSSR count). The van der Waals surface area contributed by atoms with Crippen LogP contribution in [0.2, 0.25) is 0 Å². The van der Waals surface area contributed by atoms with Crippen molar-refractivity contribution in [2.45, 2.75) is 354 Å². The highest BCUT2D eigenvalue weighted by Crippen LogP contribution is 2.38. The van der Waals surface area contributed by atoms with Crippen LogP contribution in [0.5, 0.6) is 0 Å². The maximum absolute atomic E-state index is 12.9. The fourth-order valence-corrected chi connectivity index (χ4v) is 11.5. The number of allylic oxidation sites excluding steroid dienone is 16. The summed E-state index contributed by atoms with van der Waals surface area (Å²) in [7, 11) is 1.17. The van der Waals surface area contributed by atoms with E-state index in [2.05, 4.69) is 111 Å². The van der Waals surface area contributed by atoms with Gasteiger partial charge in [0.15, 0.2) is 6.10 Å².